The summed E-state index contributed by atoms with van der Waals surface area (Å²) in [5.41, 5.74) is 1.89. The first kappa shape index (κ1) is 21.2. The van der Waals surface area contributed by atoms with Gasteiger partial charge in [-0.05, 0) is 47.5 Å². The fourth-order valence-corrected chi connectivity index (χ4v) is 4.33. The number of fused-ring (bicyclic) bond motifs is 1. The minimum absolute atomic E-state index is 0.0305. The van der Waals surface area contributed by atoms with Gasteiger partial charge in [0.05, 0.1) is 11.6 Å². The van der Waals surface area contributed by atoms with E-state index >= 15 is 0 Å². The third kappa shape index (κ3) is 3.98. The molecule has 0 bridgehead atoms. The average Bonchev–Trinajstić information content (AvgIpc) is 3.09. The molecule has 1 amide bonds. The third-order valence-electron chi connectivity index (χ3n) is 5.62. The van der Waals surface area contributed by atoms with E-state index < -0.39 is 17.7 Å². The number of ketones is 1. The number of hydrogen-bond donors (Lipinski definition) is 1. The Morgan fingerprint density at radius 3 is 2.55 bits per heavy atom. The second-order valence-corrected chi connectivity index (χ2v) is 8.61. The van der Waals surface area contributed by atoms with Crippen LogP contribution in [0.15, 0.2) is 77.0 Å². The number of hydrogen-bond acceptors (Lipinski definition) is 6. The lowest BCUT2D eigenvalue weighted by Crippen LogP contribution is -2.29. The topological polar surface area (TPSA) is 89.0 Å². The van der Waals surface area contributed by atoms with E-state index in [2.05, 4.69) is 20.9 Å². The number of pyridine rings is 1. The van der Waals surface area contributed by atoms with Gasteiger partial charge in [-0.25, -0.2) is 0 Å². The molecule has 0 radical (unpaired) electrons. The molecule has 3 aromatic rings. The van der Waals surface area contributed by atoms with Crippen molar-refractivity contribution < 1.29 is 24.2 Å². The largest absolute Gasteiger partial charge is 0.507 e. The molecule has 3 heterocycles. The number of nitrogens with zero attached hydrogens (tertiary/aromatic N) is 2. The zero-order valence-electron chi connectivity index (χ0n) is 17.4. The molecule has 1 N–H and O–H groups in total. The van der Waals surface area contributed by atoms with Crippen LogP contribution in [-0.4, -0.2) is 39.9 Å². The number of ether oxygens (including phenoxy) is 2. The lowest BCUT2D eigenvalue weighted by Gasteiger charge is -2.25. The summed E-state index contributed by atoms with van der Waals surface area (Å²) in [6.45, 7) is 1.02. The minimum Gasteiger partial charge on any atom is -0.507 e. The Morgan fingerprint density at radius 2 is 1.82 bits per heavy atom. The summed E-state index contributed by atoms with van der Waals surface area (Å²) in [6, 6.07) is 15.1. The summed E-state index contributed by atoms with van der Waals surface area (Å²) in [6.07, 6.45) is 3.30. The van der Waals surface area contributed by atoms with Gasteiger partial charge in [0.15, 0.2) is 11.5 Å². The summed E-state index contributed by atoms with van der Waals surface area (Å²) >= 11 is 3.42. The second kappa shape index (κ2) is 8.71. The van der Waals surface area contributed by atoms with Gasteiger partial charge in [-0.3, -0.25) is 14.6 Å². The first-order valence-corrected chi connectivity index (χ1v) is 11.1. The number of aromatic nitrogens is 1. The Labute approximate surface area is 198 Å². The van der Waals surface area contributed by atoms with Crippen LogP contribution >= 0.6 is 15.9 Å². The first-order valence-electron chi connectivity index (χ1n) is 10.4. The van der Waals surface area contributed by atoms with Crippen LogP contribution in [0, 0.1) is 0 Å². The molecule has 1 aromatic heterocycles. The van der Waals surface area contributed by atoms with E-state index in [1.807, 2.05) is 30.3 Å². The van der Waals surface area contributed by atoms with Gasteiger partial charge in [0.1, 0.15) is 19.0 Å². The van der Waals surface area contributed by atoms with Crippen molar-refractivity contribution in [2.24, 2.45) is 0 Å². The molecule has 2 aliphatic heterocycles. The van der Waals surface area contributed by atoms with Crippen molar-refractivity contribution in [1.82, 2.24) is 9.88 Å². The number of rotatable bonds is 4. The standard InChI is InChI=1S/C25H19BrN2O5/c26-18-6-3-16(4-7-18)22-21(23(29)17-5-8-19-20(12-17)33-11-10-32-19)24(30)25(31)28(22)14-15-2-1-9-27-13-15/h1-9,12-13,22,29H,10-11,14H2. The van der Waals surface area contributed by atoms with Crippen molar-refractivity contribution in [3.63, 3.8) is 0 Å². The van der Waals surface area contributed by atoms with Crippen molar-refractivity contribution in [2.75, 3.05) is 13.2 Å². The van der Waals surface area contributed by atoms with Crippen molar-refractivity contribution in [3.05, 3.63) is 93.7 Å². The summed E-state index contributed by atoms with van der Waals surface area (Å²) in [4.78, 5) is 31.8. The number of amides is 1. The summed E-state index contributed by atoms with van der Waals surface area (Å²) in [5.74, 6) is -0.619. The van der Waals surface area contributed by atoms with Gasteiger partial charge in [-0.2, -0.15) is 0 Å². The van der Waals surface area contributed by atoms with Gasteiger partial charge in [0.2, 0.25) is 0 Å². The van der Waals surface area contributed by atoms with Crippen LogP contribution in [0.1, 0.15) is 22.7 Å². The molecule has 8 heteroatoms. The molecular formula is C25H19BrN2O5. The zero-order valence-corrected chi connectivity index (χ0v) is 19.0. The van der Waals surface area contributed by atoms with Crippen LogP contribution in [0.3, 0.4) is 0 Å². The van der Waals surface area contributed by atoms with Gasteiger partial charge in [0.25, 0.3) is 11.7 Å². The van der Waals surface area contributed by atoms with Gasteiger partial charge in [0, 0.05) is 29.0 Å². The molecule has 1 saturated heterocycles. The fourth-order valence-electron chi connectivity index (χ4n) is 4.07. The molecule has 5 rings (SSSR count). The normalized spacial score (nSPS) is 19.1. The molecule has 1 fully saturated rings. The summed E-state index contributed by atoms with van der Waals surface area (Å²) < 4.78 is 12.0. The van der Waals surface area contributed by atoms with E-state index in [9.17, 15) is 14.7 Å². The molecule has 166 valence electrons. The number of aliphatic hydroxyl groups is 1. The molecule has 1 atom stereocenters. The molecular weight excluding hydrogens is 488 g/mol. The number of aliphatic hydroxyl groups excluding tert-OH is 1. The zero-order chi connectivity index (χ0) is 22.9. The van der Waals surface area contributed by atoms with Crippen molar-refractivity contribution in [3.8, 4) is 11.5 Å². The van der Waals surface area contributed by atoms with E-state index in [0.29, 0.717) is 35.8 Å². The van der Waals surface area contributed by atoms with E-state index in [4.69, 9.17) is 9.47 Å². The van der Waals surface area contributed by atoms with E-state index in [1.165, 1.54) is 4.90 Å². The Kier molecular flexibility index (Phi) is 5.60. The van der Waals surface area contributed by atoms with E-state index in [0.717, 1.165) is 10.0 Å². The number of carbonyl (C=O) groups excluding carboxylic acids is 2. The van der Waals surface area contributed by atoms with Crippen LogP contribution in [0.5, 0.6) is 11.5 Å². The molecule has 0 aliphatic carbocycles. The Morgan fingerprint density at radius 1 is 1.06 bits per heavy atom. The monoisotopic (exact) mass is 506 g/mol. The smallest absolute Gasteiger partial charge is 0.295 e. The SMILES string of the molecule is O=C1C(=O)N(Cc2cccnc2)C(c2ccc(Br)cc2)C1=C(O)c1ccc2c(c1)OCCO2. The van der Waals surface area contributed by atoms with Gasteiger partial charge in [-0.1, -0.05) is 34.1 Å². The van der Waals surface area contributed by atoms with Gasteiger partial charge < -0.3 is 19.5 Å². The Bertz CT molecular complexity index is 1260. The number of carbonyl (C=O) groups is 2. The Balaban J connectivity index is 1.63. The van der Waals surface area contributed by atoms with Gasteiger partial charge >= 0.3 is 0 Å². The maximum absolute atomic E-state index is 13.2. The second-order valence-electron chi connectivity index (χ2n) is 7.70. The average molecular weight is 507 g/mol. The number of Topliss-reactive ketones (excluding diaryl/α,β-unsaturated/α-hetero) is 1. The molecule has 0 spiro atoms. The number of halogens is 1. The molecule has 2 aliphatic rings. The van der Waals surface area contributed by atoms with Crippen molar-refractivity contribution in [1.29, 1.82) is 0 Å². The third-order valence-corrected chi connectivity index (χ3v) is 6.15. The van der Waals surface area contributed by atoms with Crippen molar-refractivity contribution in [2.45, 2.75) is 12.6 Å². The minimum atomic E-state index is -0.758. The molecule has 33 heavy (non-hydrogen) atoms. The number of likely N-dealkylation sites (tertiary alicyclic amines) is 1. The maximum Gasteiger partial charge on any atom is 0.295 e. The van der Waals surface area contributed by atoms with E-state index in [-0.39, 0.29) is 17.9 Å². The van der Waals surface area contributed by atoms with Crippen LogP contribution in [-0.2, 0) is 16.1 Å². The fraction of sp³-hybridized carbons (Fsp3) is 0.160. The van der Waals surface area contributed by atoms with Crippen LogP contribution in [0.4, 0.5) is 0 Å². The quantitative estimate of drug-likeness (QED) is 0.323. The highest BCUT2D eigenvalue weighted by atomic mass is 79.9. The highest BCUT2D eigenvalue weighted by molar-refractivity contribution is 9.10. The van der Waals surface area contributed by atoms with Crippen LogP contribution in [0.2, 0.25) is 0 Å². The van der Waals surface area contributed by atoms with Gasteiger partial charge in [-0.15, -0.1) is 0 Å². The molecule has 1 unspecified atom stereocenters. The predicted molar refractivity (Wildman–Crippen MR) is 124 cm³/mol. The van der Waals surface area contributed by atoms with E-state index in [1.54, 1.807) is 36.7 Å². The van der Waals surface area contributed by atoms with Crippen molar-refractivity contribution >= 4 is 33.4 Å². The highest BCUT2D eigenvalue weighted by Crippen LogP contribution is 2.42. The molecule has 0 saturated carbocycles. The van der Waals surface area contributed by atoms with Crippen LogP contribution < -0.4 is 9.47 Å². The number of benzene rings is 2. The lowest BCUT2D eigenvalue weighted by molar-refractivity contribution is -0.140. The predicted octanol–water partition coefficient (Wildman–Crippen LogP) is 4.24. The lowest BCUT2D eigenvalue weighted by atomic mass is 9.95. The first-order chi connectivity index (χ1) is 16.0. The summed E-state index contributed by atoms with van der Waals surface area (Å²) in [7, 11) is 0. The maximum atomic E-state index is 13.2. The van der Waals surface area contributed by atoms with Crippen LogP contribution in [0.25, 0.3) is 5.76 Å². The summed E-state index contributed by atoms with van der Waals surface area (Å²) in [5, 5.41) is 11.2. The highest BCUT2D eigenvalue weighted by Gasteiger charge is 2.46. The Hall–Kier alpha value is -3.65. The molecule has 7 nitrogen and oxygen atoms in total. The molecule has 2 aromatic carbocycles.